The number of nitrogens with zero attached hydrogens (tertiary/aromatic N) is 1. The number of fused-ring (bicyclic) bond motifs is 1. The number of carbonyl (C=O) groups excluding carboxylic acids is 1. The Morgan fingerprint density at radius 2 is 2.10 bits per heavy atom. The number of nitrogens with two attached hydrogens (primary N) is 1. The third kappa shape index (κ3) is 2.12. The lowest BCUT2D eigenvalue weighted by Crippen LogP contribution is -2.35. The van der Waals surface area contributed by atoms with Gasteiger partial charge in [0.1, 0.15) is 17.7 Å². The van der Waals surface area contributed by atoms with E-state index in [1.165, 1.54) is 11.0 Å². The largest absolute Gasteiger partial charge is 0.316 e. The summed E-state index contributed by atoms with van der Waals surface area (Å²) in [6, 6.07) is 0.949. The predicted octanol–water partition coefficient (Wildman–Crippen LogP) is 2.67. The van der Waals surface area contributed by atoms with Crippen LogP contribution in [0.2, 0.25) is 0 Å². The van der Waals surface area contributed by atoms with Gasteiger partial charge in [-0.3, -0.25) is 4.79 Å². The lowest BCUT2D eigenvalue weighted by molar-refractivity contribution is -0.119. The molecule has 20 heavy (non-hydrogen) atoms. The van der Waals surface area contributed by atoms with Gasteiger partial charge in [0, 0.05) is 18.2 Å². The minimum atomic E-state index is -1.02. The van der Waals surface area contributed by atoms with Gasteiger partial charge in [0.05, 0.1) is 5.69 Å². The Morgan fingerprint density at radius 3 is 2.80 bits per heavy atom. The summed E-state index contributed by atoms with van der Waals surface area (Å²) < 4.78 is 27.2. The minimum Gasteiger partial charge on any atom is -0.316 e. The zero-order valence-corrected chi connectivity index (χ0v) is 11.0. The van der Waals surface area contributed by atoms with Crippen LogP contribution in [0.1, 0.15) is 30.9 Å². The van der Waals surface area contributed by atoms with Crippen molar-refractivity contribution >= 4 is 11.6 Å². The molecule has 1 aromatic rings. The Bertz CT molecular complexity index is 585. The first-order chi connectivity index (χ1) is 9.58. The maximum atomic E-state index is 13.8. The summed E-state index contributed by atoms with van der Waals surface area (Å²) in [4.78, 5) is 13.6. The molecule has 3 nitrogen and oxygen atoms in total. The van der Waals surface area contributed by atoms with Crippen LogP contribution in [0.5, 0.6) is 0 Å². The van der Waals surface area contributed by atoms with Crippen molar-refractivity contribution in [2.45, 2.75) is 25.3 Å². The summed E-state index contributed by atoms with van der Waals surface area (Å²) in [7, 11) is 0. The van der Waals surface area contributed by atoms with Crippen molar-refractivity contribution in [3.05, 3.63) is 41.5 Å². The van der Waals surface area contributed by atoms with Gasteiger partial charge in [0.2, 0.25) is 5.91 Å². The van der Waals surface area contributed by atoms with Gasteiger partial charge in [-0.1, -0.05) is 12.2 Å². The molecular formula is C15H16F2N2O. The number of allylic oxidation sites excluding steroid dienone is 2. The number of hydrogen-bond acceptors (Lipinski definition) is 2. The molecular weight excluding hydrogens is 262 g/mol. The summed E-state index contributed by atoms with van der Waals surface area (Å²) in [6.07, 6.45) is 7.03. The quantitative estimate of drug-likeness (QED) is 0.845. The van der Waals surface area contributed by atoms with Crippen LogP contribution >= 0.6 is 0 Å². The molecule has 1 heterocycles. The van der Waals surface area contributed by atoms with E-state index in [1.807, 2.05) is 0 Å². The van der Waals surface area contributed by atoms with Gasteiger partial charge < -0.3 is 10.6 Å². The van der Waals surface area contributed by atoms with Gasteiger partial charge in [-0.25, -0.2) is 8.78 Å². The average molecular weight is 278 g/mol. The normalized spacial score (nSPS) is 25.1. The van der Waals surface area contributed by atoms with E-state index in [1.54, 1.807) is 0 Å². The molecule has 2 atom stereocenters. The molecule has 1 aromatic carbocycles. The van der Waals surface area contributed by atoms with Crippen LogP contribution in [-0.2, 0) is 4.79 Å². The van der Waals surface area contributed by atoms with Gasteiger partial charge in [-0.2, -0.15) is 0 Å². The molecule has 2 aliphatic rings. The van der Waals surface area contributed by atoms with Crippen molar-refractivity contribution in [1.82, 2.24) is 0 Å². The van der Waals surface area contributed by atoms with Gasteiger partial charge in [0.25, 0.3) is 0 Å². The summed E-state index contributed by atoms with van der Waals surface area (Å²) in [5.74, 6) is -1.46. The lowest BCUT2D eigenvalue weighted by atomic mass is 9.94. The van der Waals surface area contributed by atoms with Crippen molar-refractivity contribution < 1.29 is 13.6 Å². The molecule has 106 valence electrons. The zero-order valence-electron chi connectivity index (χ0n) is 11.0. The van der Waals surface area contributed by atoms with Crippen molar-refractivity contribution in [2.24, 2.45) is 11.7 Å². The Kier molecular flexibility index (Phi) is 3.30. The van der Waals surface area contributed by atoms with E-state index < -0.39 is 17.7 Å². The van der Waals surface area contributed by atoms with Gasteiger partial charge in [0.15, 0.2) is 0 Å². The number of amides is 1. The molecule has 0 aromatic heterocycles. The molecule has 5 heteroatoms. The Hall–Kier alpha value is -1.75. The van der Waals surface area contributed by atoms with Gasteiger partial charge >= 0.3 is 0 Å². The Balaban J connectivity index is 1.93. The first-order valence-electron chi connectivity index (χ1n) is 6.79. The van der Waals surface area contributed by atoms with E-state index in [0.29, 0.717) is 12.5 Å². The van der Waals surface area contributed by atoms with Crippen LogP contribution in [0, 0.1) is 17.6 Å². The van der Waals surface area contributed by atoms with Crippen molar-refractivity contribution in [3.63, 3.8) is 0 Å². The maximum Gasteiger partial charge on any atom is 0.248 e. The predicted molar refractivity (Wildman–Crippen MR) is 72.1 cm³/mol. The third-order valence-electron chi connectivity index (χ3n) is 4.02. The van der Waals surface area contributed by atoms with Crippen LogP contribution < -0.4 is 10.6 Å². The monoisotopic (exact) mass is 278 g/mol. The summed E-state index contributed by atoms with van der Waals surface area (Å²) in [6.45, 7) is 0.465. The molecule has 3 rings (SSSR count). The molecule has 0 saturated carbocycles. The molecule has 0 saturated heterocycles. The first kappa shape index (κ1) is 13.2. The topological polar surface area (TPSA) is 46.3 Å². The molecule has 2 N–H and O–H groups in total. The average Bonchev–Trinajstić information content (AvgIpc) is 2.65. The van der Waals surface area contributed by atoms with Crippen molar-refractivity contribution in [1.29, 1.82) is 0 Å². The molecule has 0 radical (unpaired) electrons. The molecule has 0 bridgehead atoms. The highest BCUT2D eigenvalue weighted by molar-refractivity contribution is 6.04. The van der Waals surface area contributed by atoms with E-state index in [9.17, 15) is 13.6 Å². The fourth-order valence-electron chi connectivity index (χ4n) is 2.98. The first-order valence-corrected chi connectivity index (χ1v) is 6.79. The molecule has 2 unspecified atom stereocenters. The molecule has 1 amide bonds. The van der Waals surface area contributed by atoms with Crippen LogP contribution in [-0.4, -0.2) is 12.5 Å². The third-order valence-corrected chi connectivity index (χ3v) is 4.02. The standard InChI is InChI=1S/C15H16F2N2O/c16-10-6-11(17)13-12(7-10)19(15(20)14(13)18)8-9-4-2-1-3-5-9/h1-2,6-7,9,14H,3-5,8,18H2. The number of anilines is 1. The molecule has 0 spiro atoms. The van der Waals surface area contributed by atoms with Crippen LogP contribution in [0.25, 0.3) is 0 Å². The van der Waals surface area contributed by atoms with E-state index in [4.69, 9.17) is 5.73 Å². The highest BCUT2D eigenvalue weighted by Crippen LogP contribution is 2.38. The fourth-order valence-corrected chi connectivity index (χ4v) is 2.98. The summed E-state index contributed by atoms with van der Waals surface area (Å²) in [5, 5.41) is 0. The minimum absolute atomic E-state index is 0.114. The lowest BCUT2D eigenvalue weighted by Gasteiger charge is -2.25. The highest BCUT2D eigenvalue weighted by Gasteiger charge is 2.38. The van der Waals surface area contributed by atoms with Crippen LogP contribution in [0.4, 0.5) is 14.5 Å². The zero-order chi connectivity index (χ0) is 14.3. The second-order valence-electron chi connectivity index (χ2n) is 5.40. The number of rotatable bonds is 2. The number of carbonyl (C=O) groups is 1. The van der Waals surface area contributed by atoms with Gasteiger partial charge in [-0.15, -0.1) is 0 Å². The van der Waals surface area contributed by atoms with E-state index >= 15 is 0 Å². The molecule has 1 aliphatic carbocycles. The van der Waals surface area contributed by atoms with Gasteiger partial charge in [-0.05, 0) is 31.2 Å². The SMILES string of the molecule is NC1C(=O)N(CC2CC=CCC2)c2cc(F)cc(F)c21. The Morgan fingerprint density at radius 1 is 1.30 bits per heavy atom. The number of halogens is 2. The summed E-state index contributed by atoms with van der Waals surface area (Å²) >= 11 is 0. The Labute approximate surface area is 116 Å². The van der Waals surface area contributed by atoms with E-state index in [-0.39, 0.29) is 17.2 Å². The number of hydrogen-bond donors (Lipinski definition) is 1. The highest BCUT2D eigenvalue weighted by atomic mass is 19.1. The van der Waals surface area contributed by atoms with Crippen LogP contribution in [0.3, 0.4) is 0 Å². The molecule has 1 aliphatic heterocycles. The maximum absolute atomic E-state index is 13.8. The van der Waals surface area contributed by atoms with Crippen LogP contribution in [0.15, 0.2) is 24.3 Å². The second kappa shape index (κ2) is 4.98. The summed E-state index contributed by atoms with van der Waals surface area (Å²) in [5.41, 5.74) is 6.17. The fraction of sp³-hybridized carbons (Fsp3) is 0.400. The van der Waals surface area contributed by atoms with Crippen molar-refractivity contribution in [2.75, 3.05) is 11.4 Å². The van der Waals surface area contributed by atoms with E-state index in [2.05, 4.69) is 12.2 Å². The smallest absolute Gasteiger partial charge is 0.248 e. The van der Waals surface area contributed by atoms with Crippen molar-refractivity contribution in [3.8, 4) is 0 Å². The number of benzene rings is 1. The second-order valence-corrected chi connectivity index (χ2v) is 5.40. The van der Waals surface area contributed by atoms with E-state index in [0.717, 1.165) is 25.3 Å². The molecule has 0 fully saturated rings.